The number of fused-ring (bicyclic) bond motifs is 1. The largest absolute Gasteiger partial charge is 0.497 e. The first-order valence-corrected chi connectivity index (χ1v) is 10.9. The Morgan fingerprint density at radius 1 is 0.943 bits per heavy atom. The van der Waals surface area contributed by atoms with Gasteiger partial charge in [-0.3, -0.25) is 20.0 Å². The van der Waals surface area contributed by atoms with E-state index in [0.29, 0.717) is 23.7 Å². The minimum absolute atomic E-state index is 0.0115. The van der Waals surface area contributed by atoms with Gasteiger partial charge in [0.2, 0.25) is 0 Å². The number of rotatable bonds is 7. The topological polar surface area (TPSA) is 111 Å². The third kappa shape index (κ3) is 3.97. The van der Waals surface area contributed by atoms with E-state index in [2.05, 4.69) is 10.2 Å². The van der Waals surface area contributed by atoms with E-state index < -0.39 is 11.0 Å². The van der Waals surface area contributed by atoms with Gasteiger partial charge in [-0.15, -0.1) is 0 Å². The molecule has 9 nitrogen and oxygen atoms in total. The average molecular weight is 470 g/mol. The Labute approximate surface area is 201 Å². The Bertz CT molecular complexity index is 1380. The van der Waals surface area contributed by atoms with Crippen LogP contribution in [0.5, 0.6) is 11.5 Å². The zero-order valence-electron chi connectivity index (χ0n) is 19.1. The highest BCUT2D eigenvalue weighted by Crippen LogP contribution is 2.44. The molecule has 0 bridgehead atoms. The quantitative estimate of drug-likeness (QED) is 0.308. The summed E-state index contributed by atoms with van der Waals surface area (Å²) in [5.74, 6) is 1.25. The molecule has 0 aliphatic carbocycles. The molecule has 0 fully saturated rings. The van der Waals surface area contributed by atoms with Gasteiger partial charge in [-0.1, -0.05) is 12.1 Å². The molecule has 0 saturated carbocycles. The second-order valence-corrected chi connectivity index (χ2v) is 8.12. The summed E-state index contributed by atoms with van der Waals surface area (Å²) in [5.41, 5.74) is 4.30. The fraction of sp³-hybridized carbons (Fsp3) is 0.154. The lowest BCUT2D eigenvalue weighted by Gasteiger charge is -2.26. The number of hydrogen-bond acceptors (Lipinski definition) is 6. The molecule has 0 saturated heterocycles. The minimum atomic E-state index is -0.476. The Morgan fingerprint density at radius 2 is 1.54 bits per heavy atom. The normalized spacial score (nSPS) is 14.6. The van der Waals surface area contributed by atoms with Gasteiger partial charge in [0.1, 0.15) is 17.2 Å². The van der Waals surface area contributed by atoms with Crippen LogP contribution in [0.3, 0.4) is 0 Å². The van der Waals surface area contributed by atoms with Gasteiger partial charge < -0.3 is 14.4 Å². The Hall–Kier alpha value is -4.66. The van der Waals surface area contributed by atoms with Gasteiger partial charge in [0.25, 0.3) is 11.6 Å². The number of H-pyrrole nitrogens is 1. The summed E-state index contributed by atoms with van der Waals surface area (Å²) in [7, 11) is 3.20. The van der Waals surface area contributed by atoms with Crippen LogP contribution >= 0.6 is 0 Å². The molecule has 2 heterocycles. The maximum absolute atomic E-state index is 13.5. The maximum atomic E-state index is 13.5. The van der Waals surface area contributed by atoms with Gasteiger partial charge in [0, 0.05) is 29.8 Å². The molecule has 3 aromatic carbocycles. The molecule has 4 aromatic rings. The third-order valence-corrected chi connectivity index (χ3v) is 6.16. The van der Waals surface area contributed by atoms with Crippen molar-refractivity contribution in [2.75, 3.05) is 14.2 Å². The summed E-state index contributed by atoms with van der Waals surface area (Å²) >= 11 is 0. The molecule has 1 unspecified atom stereocenters. The first kappa shape index (κ1) is 22.1. The van der Waals surface area contributed by atoms with E-state index in [-0.39, 0.29) is 11.6 Å². The van der Waals surface area contributed by atoms with E-state index in [0.717, 1.165) is 28.0 Å². The second kappa shape index (κ2) is 8.94. The number of nitrogens with one attached hydrogen (secondary N) is 1. The second-order valence-electron chi connectivity index (χ2n) is 8.12. The zero-order chi connectivity index (χ0) is 24.5. The van der Waals surface area contributed by atoms with E-state index in [4.69, 9.17) is 9.47 Å². The molecule has 1 aliphatic heterocycles. The lowest BCUT2D eigenvalue weighted by molar-refractivity contribution is -0.384. The number of aromatic amines is 1. The van der Waals surface area contributed by atoms with Gasteiger partial charge in [0.05, 0.1) is 30.9 Å². The van der Waals surface area contributed by atoms with Crippen molar-refractivity contribution in [3.05, 3.63) is 105 Å². The van der Waals surface area contributed by atoms with Gasteiger partial charge in [-0.25, -0.2) is 0 Å². The lowest BCUT2D eigenvalue weighted by atomic mass is 9.95. The standard InChI is InChI=1S/C26H22N4O5/c1-34-20-11-3-16(4-12-20)15-29-25(18-5-9-19(10-6-18)30(32)33)22-23(27-28-24(22)26(29)31)17-7-13-21(35-2)14-8-17/h3-14,25H,15H2,1-2H3,(H,27,28). The number of nitro groups is 1. The fourth-order valence-corrected chi connectivity index (χ4v) is 4.38. The molecule has 5 rings (SSSR count). The molecular weight excluding hydrogens is 448 g/mol. The number of hydrogen-bond donors (Lipinski definition) is 1. The van der Waals surface area contributed by atoms with Gasteiger partial charge in [-0.05, 0) is 59.7 Å². The lowest BCUT2D eigenvalue weighted by Crippen LogP contribution is -2.29. The van der Waals surface area contributed by atoms with Crippen LogP contribution < -0.4 is 9.47 Å². The highest BCUT2D eigenvalue weighted by molar-refractivity contribution is 6.00. The first-order chi connectivity index (χ1) is 17.0. The molecule has 35 heavy (non-hydrogen) atoms. The van der Waals surface area contributed by atoms with Crippen molar-refractivity contribution in [1.29, 1.82) is 0 Å². The molecular formula is C26H22N4O5. The number of non-ortho nitro benzene ring substituents is 1. The minimum Gasteiger partial charge on any atom is -0.497 e. The number of methoxy groups -OCH3 is 2. The summed E-state index contributed by atoms with van der Waals surface area (Å²) < 4.78 is 10.5. The molecule has 1 N–H and O–H groups in total. The summed E-state index contributed by atoms with van der Waals surface area (Å²) in [4.78, 5) is 26.0. The van der Waals surface area contributed by atoms with Gasteiger partial charge in [-0.2, -0.15) is 5.10 Å². The van der Waals surface area contributed by atoms with Crippen molar-refractivity contribution in [3.8, 4) is 22.8 Å². The van der Waals surface area contributed by atoms with Crippen molar-refractivity contribution in [3.63, 3.8) is 0 Å². The fourth-order valence-electron chi connectivity index (χ4n) is 4.38. The molecule has 1 amide bonds. The number of ether oxygens (including phenoxy) is 2. The molecule has 1 aromatic heterocycles. The van der Waals surface area contributed by atoms with Crippen LogP contribution in [0.15, 0.2) is 72.8 Å². The molecule has 1 aliphatic rings. The third-order valence-electron chi connectivity index (χ3n) is 6.16. The van der Waals surface area contributed by atoms with Gasteiger partial charge in [0.15, 0.2) is 0 Å². The number of nitro benzene ring substituents is 1. The van der Waals surface area contributed by atoms with Crippen molar-refractivity contribution < 1.29 is 19.2 Å². The molecule has 9 heteroatoms. The van der Waals surface area contributed by atoms with Crippen LogP contribution in [-0.2, 0) is 6.54 Å². The van der Waals surface area contributed by atoms with Crippen LogP contribution in [-0.4, -0.2) is 40.1 Å². The number of aromatic nitrogens is 2. The molecule has 176 valence electrons. The zero-order valence-corrected chi connectivity index (χ0v) is 19.1. The van der Waals surface area contributed by atoms with Crippen LogP contribution in [0, 0.1) is 10.1 Å². The predicted octanol–water partition coefficient (Wildman–Crippen LogP) is 4.75. The smallest absolute Gasteiger partial charge is 0.273 e. The predicted molar refractivity (Wildman–Crippen MR) is 128 cm³/mol. The summed E-state index contributed by atoms with van der Waals surface area (Å²) in [6.07, 6.45) is 0. The maximum Gasteiger partial charge on any atom is 0.273 e. The molecule has 0 spiro atoms. The highest BCUT2D eigenvalue weighted by atomic mass is 16.6. The van der Waals surface area contributed by atoms with Gasteiger partial charge >= 0.3 is 0 Å². The van der Waals surface area contributed by atoms with Crippen LogP contribution in [0.4, 0.5) is 5.69 Å². The summed E-state index contributed by atoms with van der Waals surface area (Å²) in [5, 5.41) is 18.6. The van der Waals surface area contributed by atoms with Crippen LogP contribution in [0.25, 0.3) is 11.3 Å². The molecule has 1 atom stereocenters. The monoisotopic (exact) mass is 470 g/mol. The Kier molecular flexibility index (Phi) is 5.66. The van der Waals surface area contributed by atoms with Crippen molar-refractivity contribution in [1.82, 2.24) is 15.1 Å². The SMILES string of the molecule is COc1ccc(CN2C(=O)c3[nH]nc(-c4ccc(OC)cc4)c3C2c2ccc([N+](=O)[O-])cc2)cc1. The number of carbonyl (C=O) groups is 1. The van der Waals surface area contributed by atoms with Crippen LogP contribution in [0.2, 0.25) is 0 Å². The first-order valence-electron chi connectivity index (χ1n) is 10.9. The Balaban J connectivity index is 1.60. The van der Waals surface area contributed by atoms with Crippen molar-refractivity contribution >= 4 is 11.6 Å². The number of nitrogens with zero attached hydrogens (tertiary/aromatic N) is 3. The highest BCUT2D eigenvalue weighted by Gasteiger charge is 2.42. The number of amides is 1. The van der Waals surface area contributed by atoms with Crippen LogP contribution in [0.1, 0.15) is 33.2 Å². The Morgan fingerprint density at radius 3 is 2.11 bits per heavy atom. The van der Waals surface area contributed by atoms with E-state index in [1.165, 1.54) is 12.1 Å². The van der Waals surface area contributed by atoms with E-state index in [1.54, 1.807) is 31.3 Å². The molecule has 0 radical (unpaired) electrons. The average Bonchev–Trinajstić information content (AvgIpc) is 3.43. The summed E-state index contributed by atoms with van der Waals surface area (Å²) in [6.45, 7) is 0.342. The van der Waals surface area contributed by atoms with Crippen molar-refractivity contribution in [2.24, 2.45) is 0 Å². The van der Waals surface area contributed by atoms with E-state index in [9.17, 15) is 14.9 Å². The number of benzene rings is 3. The van der Waals surface area contributed by atoms with E-state index in [1.807, 2.05) is 48.5 Å². The van der Waals surface area contributed by atoms with Crippen molar-refractivity contribution in [2.45, 2.75) is 12.6 Å². The van der Waals surface area contributed by atoms with E-state index >= 15 is 0 Å². The summed E-state index contributed by atoms with van der Waals surface area (Å²) in [6, 6.07) is 20.8. The number of carbonyl (C=O) groups excluding carboxylic acids is 1.